The summed E-state index contributed by atoms with van der Waals surface area (Å²) in [5.74, 6) is -1.62. The van der Waals surface area contributed by atoms with Crippen molar-refractivity contribution in [3.63, 3.8) is 0 Å². The number of nitrogens with zero attached hydrogens (tertiary/aromatic N) is 3. The summed E-state index contributed by atoms with van der Waals surface area (Å²) >= 11 is 3.44. The van der Waals surface area contributed by atoms with E-state index in [1.54, 1.807) is 61.1 Å². The minimum absolute atomic E-state index is 0.0318. The van der Waals surface area contributed by atoms with Crippen LogP contribution in [0, 0.1) is 6.92 Å². The zero-order valence-corrected chi connectivity index (χ0v) is 17.7. The number of aliphatic hydroxyl groups is 1. The Morgan fingerprint density at radius 1 is 1.13 bits per heavy atom. The Balaban J connectivity index is 1.86. The van der Waals surface area contributed by atoms with Crippen molar-refractivity contribution in [3.05, 3.63) is 99.6 Å². The van der Waals surface area contributed by atoms with E-state index in [9.17, 15) is 14.7 Å². The van der Waals surface area contributed by atoms with Crippen LogP contribution in [0.5, 0.6) is 0 Å². The van der Waals surface area contributed by atoms with E-state index in [1.165, 1.54) is 4.90 Å². The predicted molar refractivity (Wildman–Crippen MR) is 115 cm³/mol. The number of carbonyl (C=O) groups is 2. The summed E-state index contributed by atoms with van der Waals surface area (Å²) in [6.45, 7) is 2.06. The molecular weight excluding hydrogens is 446 g/mol. The van der Waals surface area contributed by atoms with Crippen molar-refractivity contribution < 1.29 is 14.7 Å². The molecule has 1 atom stereocenters. The summed E-state index contributed by atoms with van der Waals surface area (Å²) in [6.07, 6.45) is 4.89. The third kappa shape index (κ3) is 3.64. The molecule has 30 heavy (non-hydrogen) atoms. The van der Waals surface area contributed by atoms with Crippen molar-refractivity contribution in [1.29, 1.82) is 0 Å². The minimum Gasteiger partial charge on any atom is -0.507 e. The first-order valence-corrected chi connectivity index (χ1v) is 10.1. The van der Waals surface area contributed by atoms with Gasteiger partial charge in [0.1, 0.15) is 11.8 Å². The molecule has 4 rings (SSSR count). The van der Waals surface area contributed by atoms with Crippen molar-refractivity contribution in [2.45, 2.75) is 19.5 Å². The van der Waals surface area contributed by atoms with Gasteiger partial charge in [-0.15, -0.1) is 0 Å². The fourth-order valence-electron chi connectivity index (χ4n) is 3.52. The molecule has 1 saturated heterocycles. The second-order valence-corrected chi connectivity index (χ2v) is 7.86. The average molecular weight is 464 g/mol. The molecule has 150 valence electrons. The molecule has 0 radical (unpaired) electrons. The van der Waals surface area contributed by atoms with E-state index < -0.39 is 17.7 Å². The Hall–Kier alpha value is -3.32. The molecule has 7 heteroatoms. The van der Waals surface area contributed by atoms with Crippen LogP contribution in [0.25, 0.3) is 5.76 Å². The molecule has 1 fully saturated rings. The Kier molecular flexibility index (Phi) is 5.46. The van der Waals surface area contributed by atoms with Gasteiger partial charge in [-0.3, -0.25) is 19.6 Å². The summed E-state index contributed by atoms with van der Waals surface area (Å²) in [6, 6.07) is 13.4. The number of hydrogen-bond donors (Lipinski definition) is 1. The molecule has 6 nitrogen and oxygen atoms in total. The summed E-state index contributed by atoms with van der Waals surface area (Å²) < 4.78 is 0.886. The quantitative estimate of drug-likeness (QED) is 0.356. The van der Waals surface area contributed by atoms with Crippen LogP contribution in [0.4, 0.5) is 0 Å². The minimum atomic E-state index is -0.796. The maximum Gasteiger partial charge on any atom is 0.296 e. The number of rotatable bonds is 4. The lowest BCUT2D eigenvalue weighted by molar-refractivity contribution is -0.140. The number of carbonyl (C=O) groups excluding carboxylic acids is 2. The van der Waals surface area contributed by atoms with E-state index in [0.29, 0.717) is 11.3 Å². The summed E-state index contributed by atoms with van der Waals surface area (Å²) in [7, 11) is 0. The van der Waals surface area contributed by atoms with Crippen LogP contribution in [0.15, 0.2) is 77.2 Å². The second-order valence-electron chi connectivity index (χ2n) is 7.01. The van der Waals surface area contributed by atoms with Crippen LogP contribution >= 0.6 is 15.9 Å². The van der Waals surface area contributed by atoms with Gasteiger partial charge in [0, 0.05) is 35.2 Å². The van der Waals surface area contributed by atoms with E-state index in [-0.39, 0.29) is 17.9 Å². The topological polar surface area (TPSA) is 83.4 Å². The Morgan fingerprint density at radius 3 is 2.63 bits per heavy atom. The highest BCUT2D eigenvalue weighted by Gasteiger charge is 2.46. The SMILES string of the molecule is Cc1cc(/C(O)=C2/C(=O)C(=O)N(Cc3cccnc3)C2c2ccccn2)ccc1Br. The molecule has 1 unspecified atom stereocenters. The number of likely N-dealkylation sites (tertiary alicyclic amines) is 1. The lowest BCUT2D eigenvalue weighted by atomic mass is 9.97. The Morgan fingerprint density at radius 2 is 1.97 bits per heavy atom. The Bertz CT molecular complexity index is 1150. The van der Waals surface area contributed by atoms with E-state index in [4.69, 9.17) is 0 Å². The monoisotopic (exact) mass is 463 g/mol. The van der Waals surface area contributed by atoms with Crippen LogP contribution in [-0.4, -0.2) is 31.7 Å². The number of ketones is 1. The van der Waals surface area contributed by atoms with Crippen LogP contribution in [0.1, 0.15) is 28.4 Å². The van der Waals surface area contributed by atoms with Crippen LogP contribution in [-0.2, 0) is 16.1 Å². The van der Waals surface area contributed by atoms with E-state index >= 15 is 0 Å². The van der Waals surface area contributed by atoms with Gasteiger partial charge in [0.2, 0.25) is 0 Å². The van der Waals surface area contributed by atoms with Gasteiger partial charge in [0.15, 0.2) is 0 Å². The smallest absolute Gasteiger partial charge is 0.296 e. The number of amides is 1. The van der Waals surface area contributed by atoms with Gasteiger partial charge in [0.05, 0.1) is 11.3 Å². The maximum absolute atomic E-state index is 13.0. The molecule has 1 aliphatic rings. The third-order valence-corrected chi connectivity index (χ3v) is 5.90. The highest BCUT2D eigenvalue weighted by molar-refractivity contribution is 9.10. The number of hydrogen-bond acceptors (Lipinski definition) is 5. The first-order chi connectivity index (χ1) is 14.5. The highest BCUT2D eigenvalue weighted by atomic mass is 79.9. The summed E-state index contributed by atoms with van der Waals surface area (Å²) in [4.78, 5) is 35.8. The molecule has 0 saturated carbocycles. The van der Waals surface area contributed by atoms with Gasteiger partial charge in [-0.25, -0.2) is 0 Å². The fraction of sp³-hybridized carbons (Fsp3) is 0.130. The maximum atomic E-state index is 13.0. The van der Waals surface area contributed by atoms with Crippen molar-refractivity contribution in [3.8, 4) is 0 Å². The van der Waals surface area contributed by atoms with E-state index in [1.807, 2.05) is 13.0 Å². The van der Waals surface area contributed by atoms with E-state index in [2.05, 4.69) is 25.9 Å². The molecule has 0 spiro atoms. The third-order valence-electron chi connectivity index (χ3n) is 5.01. The normalized spacial score (nSPS) is 18.1. The van der Waals surface area contributed by atoms with Gasteiger partial charge >= 0.3 is 0 Å². The number of benzene rings is 1. The molecule has 2 aromatic heterocycles. The van der Waals surface area contributed by atoms with Crippen molar-refractivity contribution in [1.82, 2.24) is 14.9 Å². The van der Waals surface area contributed by atoms with Crippen molar-refractivity contribution >= 4 is 33.4 Å². The number of aliphatic hydroxyl groups excluding tert-OH is 1. The molecule has 0 aliphatic carbocycles. The van der Waals surface area contributed by atoms with Gasteiger partial charge in [-0.05, 0) is 48.4 Å². The van der Waals surface area contributed by atoms with Gasteiger partial charge in [-0.2, -0.15) is 0 Å². The largest absolute Gasteiger partial charge is 0.507 e. The van der Waals surface area contributed by atoms with Gasteiger partial charge in [0.25, 0.3) is 11.7 Å². The summed E-state index contributed by atoms with van der Waals surface area (Å²) in [5.41, 5.74) is 2.69. The molecule has 1 N–H and O–H groups in total. The molecular formula is C23H18BrN3O3. The lowest BCUT2D eigenvalue weighted by Gasteiger charge is -2.24. The first-order valence-electron chi connectivity index (χ1n) is 9.32. The lowest BCUT2D eigenvalue weighted by Crippen LogP contribution is -2.29. The molecule has 1 aromatic carbocycles. The molecule has 1 amide bonds. The molecule has 1 aliphatic heterocycles. The van der Waals surface area contributed by atoms with Crippen LogP contribution in [0.2, 0.25) is 0 Å². The Labute approximate surface area is 182 Å². The van der Waals surface area contributed by atoms with Crippen LogP contribution < -0.4 is 0 Å². The van der Waals surface area contributed by atoms with Crippen molar-refractivity contribution in [2.24, 2.45) is 0 Å². The van der Waals surface area contributed by atoms with Gasteiger partial charge in [-0.1, -0.05) is 34.1 Å². The number of aryl methyl sites for hydroxylation is 1. The number of halogens is 1. The zero-order chi connectivity index (χ0) is 21.3. The number of Topliss-reactive ketones (excluding diaryl/α,β-unsaturated/α-hetero) is 1. The average Bonchev–Trinajstić information content (AvgIpc) is 3.01. The standard InChI is InChI=1S/C23H18BrN3O3/c1-14-11-16(7-8-17(14)24)21(28)19-20(18-6-2-3-10-26-18)27(23(30)22(19)29)13-15-5-4-9-25-12-15/h2-12,20,28H,13H2,1H3/b21-19-. The van der Waals surface area contributed by atoms with Gasteiger partial charge < -0.3 is 10.0 Å². The summed E-state index contributed by atoms with van der Waals surface area (Å²) in [5, 5.41) is 11.1. The molecule has 0 bridgehead atoms. The number of aromatic nitrogens is 2. The zero-order valence-electron chi connectivity index (χ0n) is 16.1. The number of pyridine rings is 2. The highest BCUT2D eigenvalue weighted by Crippen LogP contribution is 2.39. The van der Waals surface area contributed by atoms with Crippen LogP contribution in [0.3, 0.4) is 0 Å². The molecule has 3 aromatic rings. The van der Waals surface area contributed by atoms with Crippen molar-refractivity contribution in [2.75, 3.05) is 0 Å². The predicted octanol–water partition coefficient (Wildman–Crippen LogP) is 4.17. The molecule has 3 heterocycles. The fourth-order valence-corrected chi connectivity index (χ4v) is 3.77. The van der Waals surface area contributed by atoms with E-state index in [0.717, 1.165) is 15.6 Å². The first kappa shape index (κ1) is 20.0. The second kappa shape index (κ2) is 8.20.